The molecule has 0 fully saturated rings. The molecule has 2 rings (SSSR count). The van der Waals surface area contributed by atoms with Gasteiger partial charge < -0.3 is 9.32 Å². The first-order valence-corrected chi connectivity index (χ1v) is 7.04. The minimum Gasteiger partial charge on any atom is -0.412 e. The molecule has 1 heterocycles. The zero-order valence-electron chi connectivity index (χ0n) is 12.2. The molecule has 0 N–H and O–H groups in total. The molecule has 5 nitrogen and oxygen atoms in total. The van der Waals surface area contributed by atoms with Crippen LogP contribution < -0.4 is 0 Å². The van der Waals surface area contributed by atoms with Crippen molar-refractivity contribution in [1.82, 2.24) is 15.1 Å². The van der Waals surface area contributed by atoms with Crippen molar-refractivity contribution >= 4 is 5.91 Å². The second kappa shape index (κ2) is 6.97. The van der Waals surface area contributed by atoms with Crippen molar-refractivity contribution < 1.29 is 13.6 Å². The summed E-state index contributed by atoms with van der Waals surface area (Å²) >= 11 is 0. The van der Waals surface area contributed by atoms with Crippen molar-refractivity contribution in [2.45, 2.75) is 26.7 Å². The molecule has 112 valence electrons. The molecule has 0 aliphatic heterocycles. The number of carbonyl (C=O) groups excluding carboxylic acids is 1. The second-order valence-corrected chi connectivity index (χ2v) is 4.71. The van der Waals surface area contributed by atoms with Crippen LogP contribution in [0.2, 0.25) is 0 Å². The molecular formula is C15H18FN3O2. The normalized spacial score (nSPS) is 10.6. The third-order valence-corrected chi connectivity index (χ3v) is 2.97. The Labute approximate surface area is 122 Å². The fraction of sp³-hybridized carbons (Fsp3) is 0.400. The Morgan fingerprint density at radius 3 is 2.33 bits per heavy atom. The Balaban J connectivity index is 2.18. The molecule has 1 amide bonds. The predicted molar refractivity (Wildman–Crippen MR) is 76.2 cm³/mol. The monoisotopic (exact) mass is 291 g/mol. The fourth-order valence-corrected chi connectivity index (χ4v) is 2.01. The quantitative estimate of drug-likeness (QED) is 0.820. The van der Waals surface area contributed by atoms with E-state index in [-0.39, 0.29) is 23.5 Å². The van der Waals surface area contributed by atoms with E-state index in [2.05, 4.69) is 10.2 Å². The summed E-state index contributed by atoms with van der Waals surface area (Å²) in [5.74, 6) is -0.422. The summed E-state index contributed by atoms with van der Waals surface area (Å²) in [6.07, 6.45) is 1.73. The van der Waals surface area contributed by atoms with Gasteiger partial charge in [0.15, 0.2) is 0 Å². The lowest BCUT2D eigenvalue weighted by Gasteiger charge is -2.18. The van der Waals surface area contributed by atoms with Crippen molar-refractivity contribution in [2.24, 2.45) is 0 Å². The van der Waals surface area contributed by atoms with Crippen molar-refractivity contribution in [3.05, 3.63) is 36.0 Å². The first-order valence-electron chi connectivity index (χ1n) is 7.04. The van der Waals surface area contributed by atoms with Crippen LogP contribution in [0.15, 0.2) is 28.7 Å². The zero-order chi connectivity index (χ0) is 15.2. The van der Waals surface area contributed by atoms with Crippen molar-refractivity contribution in [3.63, 3.8) is 0 Å². The standard InChI is InChI=1S/C15H18FN3O2/c1-3-9-19(10-4-2)15(20)14-18-17-13(21-14)11-5-7-12(16)8-6-11/h5-8H,3-4,9-10H2,1-2H3. The first-order chi connectivity index (χ1) is 10.2. The maximum Gasteiger partial charge on any atom is 0.311 e. The van der Waals surface area contributed by atoms with E-state index in [1.807, 2.05) is 13.8 Å². The minimum absolute atomic E-state index is 0.0313. The Morgan fingerprint density at radius 2 is 1.76 bits per heavy atom. The number of nitrogens with zero attached hydrogens (tertiary/aromatic N) is 3. The molecule has 0 atom stereocenters. The van der Waals surface area contributed by atoms with Crippen molar-refractivity contribution in [2.75, 3.05) is 13.1 Å². The van der Waals surface area contributed by atoms with Crippen molar-refractivity contribution in [3.8, 4) is 11.5 Å². The largest absolute Gasteiger partial charge is 0.412 e. The smallest absolute Gasteiger partial charge is 0.311 e. The molecule has 0 spiro atoms. The number of benzene rings is 1. The maximum atomic E-state index is 12.9. The molecule has 0 aliphatic carbocycles. The van der Waals surface area contributed by atoms with Gasteiger partial charge >= 0.3 is 11.8 Å². The van der Waals surface area contributed by atoms with Gasteiger partial charge in [0.2, 0.25) is 5.89 Å². The summed E-state index contributed by atoms with van der Waals surface area (Å²) < 4.78 is 18.3. The summed E-state index contributed by atoms with van der Waals surface area (Å²) in [4.78, 5) is 14.0. The van der Waals surface area contributed by atoms with Gasteiger partial charge in [-0.25, -0.2) is 4.39 Å². The van der Waals surface area contributed by atoms with Gasteiger partial charge in [-0.2, -0.15) is 0 Å². The van der Waals surface area contributed by atoms with Crippen LogP contribution in [0.25, 0.3) is 11.5 Å². The highest BCUT2D eigenvalue weighted by Gasteiger charge is 2.21. The van der Waals surface area contributed by atoms with Crippen LogP contribution in [0.4, 0.5) is 4.39 Å². The summed E-state index contributed by atoms with van der Waals surface area (Å²) in [6.45, 7) is 5.32. The third-order valence-electron chi connectivity index (χ3n) is 2.97. The van der Waals surface area contributed by atoms with E-state index in [0.29, 0.717) is 18.7 Å². The highest BCUT2D eigenvalue weighted by molar-refractivity contribution is 5.89. The molecule has 6 heteroatoms. The maximum absolute atomic E-state index is 12.9. The van der Waals surface area contributed by atoms with Gasteiger partial charge in [-0.1, -0.05) is 13.8 Å². The molecule has 2 aromatic rings. The molecule has 1 aromatic heterocycles. The van der Waals surface area contributed by atoms with E-state index in [9.17, 15) is 9.18 Å². The number of amides is 1. The minimum atomic E-state index is -0.341. The van der Waals surface area contributed by atoms with Gasteiger partial charge in [-0.3, -0.25) is 4.79 Å². The van der Waals surface area contributed by atoms with Gasteiger partial charge in [0.1, 0.15) is 5.82 Å². The number of halogens is 1. The molecule has 0 unspecified atom stereocenters. The summed E-state index contributed by atoms with van der Waals surface area (Å²) in [7, 11) is 0. The van der Waals surface area contributed by atoms with E-state index in [1.165, 1.54) is 24.3 Å². The fourth-order valence-electron chi connectivity index (χ4n) is 2.01. The van der Waals surface area contributed by atoms with Crippen molar-refractivity contribution in [1.29, 1.82) is 0 Å². The Hall–Kier alpha value is -2.24. The van der Waals surface area contributed by atoms with Crippen LogP contribution in [0.3, 0.4) is 0 Å². The Kier molecular flexibility index (Phi) is 5.03. The number of hydrogen-bond donors (Lipinski definition) is 0. The summed E-state index contributed by atoms with van der Waals surface area (Å²) in [5.41, 5.74) is 0.584. The molecule has 0 bridgehead atoms. The van der Waals surface area contributed by atoms with Gasteiger partial charge in [0.25, 0.3) is 0 Å². The molecule has 21 heavy (non-hydrogen) atoms. The summed E-state index contributed by atoms with van der Waals surface area (Å²) in [5, 5.41) is 7.65. The highest BCUT2D eigenvalue weighted by atomic mass is 19.1. The van der Waals surface area contributed by atoms with Gasteiger partial charge in [-0.15, -0.1) is 10.2 Å². The lowest BCUT2D eigenvalue weighted by atomic mass is 10.2. The molecule has 0 saturated heterocycles. The van der Waals surface area contributed by atoms with E-state index < -0.39 is 0 Å². The molecule has 0 aliphatic rings. The van der Waals surface area contributed by atoms with E-state index in [1.54, 1.807) is 4.90 Å². The topological polar surface area (TPSA) is 59.2 Å². The van der Waals surface area contributed by atoms with Crippen LogP contribution in [0, 0.1) is 5.82 Å². The number of carbonyl (C=O) groups is 1. The van der Waals surface area contributed by atoms with Crippen LogP contribution >= 0.6 is 0 Å². The molecule has 0 saturated carbocycles. The highest BCUT2D eigenvalue weighted by Crippen LogP contribution is 2.18. The van der Waals surface area contributed by atoms with Crippen LogP contribution in [0.1, 0.15) is 37.4 Å². The average molecular weight is 291 g/mol. The SMILES string of the molecule is CCCN(CCC)C(=O)c1nnc(-c2ccc(F)cc2)o1. The number of rotatable bonds is 6. The van der Waals surface area contributed by atoms with E-state index in [4.69, 9.17) is 4.42 Å². The van der Waals surface area contributed by atoms with E-state index >= 15 is 0 Å². The van der Waals surface area contributed by atoms with Crippen LogP contribution in [-0.4, -0.2) is 34.1 Å². The Bertz CT molecular complexity index is 589. The van der Waals surface area contributed by atoms with Gasteiger partial charge in [0.05, 0.1) is 0 Å². The predicted octanol–water partition coefficient (Wildman–Crippen LogP) is 3.14. The van der Waals surface area contributed by atoms with Crippen LogP contribution in [-0.2, 0) is 0 Å². The molecule has 0 radical (unpaired) electrons. The molecular weight excluding hydrogens is 273 g/mol. The second-order valence-electron chi connectivity index (χ2n) is 4.71. The summed E-state index contributed by atoms with van der Waals surface area (Å²) in [6, 6.07) is 5.68. The van der Waals surface area contributed by atoms with E-state index in [0.717, 1.165) is 12.8 Å². The van der Waals surface area contributed by atoms with Crippen LogP contribution in [0.5, 0.6) is 0 Å². The lowest BCUT2D eigenvalue weighted by molar-refractivity contribution is 0.0716. The number of aromatic nitrogens is 2. The molecule has 1 aromatic carbocycles. The first kappa shape index (κ1) is 15.2. The lowest BCUT2D eigenvalue weighted by Crippen LogP contribution is -2.32. The third kappa shape index (κ3) is 3.65. The average Bonchev–Trinajstić information content (AvgIpc) is 2.97. The van der Waals surface area contributed by atoms with Gasteiger partial charge in [-0.05, 0) is 37.1 Å². The Morgan fingerprint density at radius 1 is 1.14 bits per heavy atom. The zero-order valence-corrected chi connectivity index (χ0v) is 12.2. The number of hydrogen-bond acceptors (Lipinski definition) is 4. The van der Waals surface area contributed by atoms with Gasteiger partial charge in [0, 0.05) is 18.7 Å².